The normalized spacial score (nSPS) is 13.9. The van der Waals surface area contributed by atoms with Crippen LogP contribution in [-0.4, -0.2) is 5.66 Å². The smallest absolute Gasteiger partial charge is 0.0208 e. The Balaban J connectivity index is 4.48. The van der Waals surface area contributed by atoms with E-state index in [9.17, 15) is 0 Å². The first kappa shape index (κ1) is 17.4. The maximum Gasteiger partial charge on any atom is -0.0208 e. The van der Waals surface area contributed by atoms with Crippen molar-refractivity contribution >= 4 is 9.24 Å². The zero-order valence-electron chi connectivity index (χ0n) is 12.7. The standard InChI is InChI=1S/C16H35P/c1-5-9-10-11-15(17)16(12-6-2,13-7-3)14-8-4/h15H,5-14,17H2,1-4H3. The van der Waals surface area contributed by atoms with Gasteiger partial charge in [-0.1, -0.05) is 66.2 Å². The quantitative estimate of drug-likeness (QED) is 0.306. The molecule has 0 radical (unpaired) electrons. The molecule has 17 heavy (non-hydrogen) atoms. The molecule has 0 aromatic heterocycles. The summed E-state index contributed by atoms with van der Waals surface area (Å²) >= 11 is 0. The summed E-state index contributed by atoms with van der Waals surface area (Å²) in [5.41, 5.74) is 1.46. The molecule has 0 saturated carbocycles. The van der Waals surface area contributed by atoms with Crippen LogP contribution in [0, 0.1) is 5.41 Å². The lowest BCUT2D eigenvalue weighted by molar-refractivity contribution is 0.195. The first-order chi connectivity index (χ1) is 8.16. The molecule has 0 bridgehead atoms. The Bertz CT molecular complexity index is 148. The van der Waals surface area contributed by atoms with Crippen LogP contribution in [-0.2, 0) is 0 Å². The minimum absolute atomic E-state index is 0.622. The molecule has 0 amide bonds. The minimum atomic E-state index is 0.622. The fraction of sp³-hybridized carbons (Fsp3) is 1.00. The van der Waals surface area contributed by atoms with E-state index in [4.69, 9.17) is 0 Å². The molecule has 0 nitrogen and oxygen atoms in total. The van der Waals surface area contributed by atoms with Crippen molar-refractivity contribution in [2.24, 2.45) is 5.41 Å². The lowest BCUT2D eigenvalue weighted by atomic mass is 9.71. The van der Waals surface area contributed by atoms with Crippen molar-refractivity contribution in [3.05, 3.63) is 0 Å². The third kappa shape index (κ3) is 6.23. The molecular weight excluding hydrogens is 223 g/mol. The predicted octanol–water partition coefficient (Wildman–Crippen LogP) is 6.20. The van der Waals surface area contributed by atoms with Crippen LogP contribution in [0.2, 0.25) is 0 Å². The average molecular weight is 258 g/mol. The van der Waals surface area contributed by atoms with E-state index >= 15 is 0 Å². The first-order valence-electron chi connectivity index (χ1n) is 7.92. The maximum absolute atomic E-state index is 3.20. The van der Waals surface area contributed by atoms with E-state index < -0.39 is 0 Å². The lowest BCUT2D eigenvalue weighted by Crippen LogP contribution is -2.31. The van der Waals surface area contributed by atoms with Gasteiger partial charge in [0.1, 0.15) is 0 Å². The highest BCUT2D eigenvalue weighted by molar-refractivity contribution is 7.17. The van der Waals surface area contributed by atoms with Crippen LogP contribution in [0.1, 0.15) is 91.9 Å². The fourth-order valence-electron chi connectivity index (χ4n) is 3.35. The van der Waals surface area contributed by atoms with Crippen molar-refractivity contribution in [3.8, 4) is 0 Å². The number of rotatable bonds is 11. The summed E-state index contributed by atoms with van der Waals surface area (Å²) in [6, 6.07) is 0. The van der Waals surface area contributed by atoms with Crippen molar-refractivity contribution in [2.45, 2.75) is 97.6 Å². The molecule has 1 heteroatoms. The third-order valence-electron chi connectivity index (χ3n) is 4.15. The monoisotopic (exact) mass is 258 g/mol. The summed E-state index contributed by atoms with van der Waals surface area (Å²) in [5, 5.41) is 0. The molecule has 0 saturated heterocycles. The fourth-order valence-corrected chi connectivity index (χ4v) is 4.08. The molecule has 2 atom stereocenters. The van der Waals surface area contributed by atoms with Crippen LogP contribution in [0.4, 0.5) is 0 Å². The molecule has 0 aliphatic rings. The Morgan fingerprint density at radius 1 is 0.765 bits per heavy atom. The van der Waals surface area contributed by atoms with Gasteiger partial charge in [0.05, 0.1) is 0 Å². The first-order valence-corrected chi connectivity index (χ1v) is 8.59. The second-order valence-electron chi connectivity index (χ2n) is 5.71. The van der Waals surface area contributed by atoms with E-state index in [2.05, 4.69) is 36.9 Å². The Morgan fingerprint density at radius 3 is 1.59 bits per heavy atom. The second kappa shape index (κ2) is 10.4. The molecule has 0 spiro atoms. The number of unbranched alkanes of at least 4 members (excludes halogenated alkanes) is 2. The van der Waals surface area contributed by atoms with Crippen LogP contribution in [0.15, 0.2) is 0 Å². The maximum atomic E-state index is 3.20. The molecule has 0 aliphatic heterocycles. The van der Waals surface area contributed by atoms with E-state index in [0.717, 1.165) is 5.66 Å². The highest BCUT2D eigenvalue weighted by Gasteiger charge is 2.33. The minimum Gasteiger partial charge on any atom is -0.134 e. The van der Waals surface area contributed by atoms with Gasteiger partial charge < -0.3 is 0 Å². The summed E-state index contributed by atoms with van der Waals surface area (Å²) in [6.45, 7) is 9.35. The Morgan fingerprint density at radius 2 is 1.24 bits per heavy atom. The van der Waals surface area contributed by atoms with Gasteiger partial charge in [-0.2, -0.15) is 0 Å². The van der Waals surface area contributed by atoms with Crippen LogP contribution in [0.25, 0.3) is 0 Å². The summed E-state index contributed by atoms with van der Waals surface area (Å²) in [4.78, 5) is 0. The van der Waals surface area contributed by atoms with Crippen molar-refractivity contribution in [1.29, 1.82) is 0 Å². The van der Waals surface area contributed by atoms with Gasteiger partial charge in [-0.25, -0.2) is 0 Å². The van der Waals surface area contributed by atoms with Crippen LogP contribution < -0.4 is 0 Å². The summed E-state index contributed by atoms with van der Waals surface area (Å²) < 4.78 is 0. The van der Waals surface area contributed by atoms with E-state index in [1.165, 1.54) is 64.2 Å². The highest BCUT2D eigenvalue weighted by Crippen LogP contribution is 2.44. The van der Waals surface area contributed by atoms with E-state index in [0.29, 0.717) is 5.41 Å². The van der Waals surface area contributed by atoms with Crippen molar-refractivity contribution < 1.29 is 0 Å². The van der Waals surface area contributed by atoms with Gasteiger partial charge in [0, 0.05) is 0 Å². The van der Waals surface area contributed by atoms with Gasteiger partial charge in [-0.3, -0.25) is 0 Å². The van der Waals surface area contributed by atoms with Crippen molar-refractivity contribution in [2.75, 3.05) is 0 Å². The zero-order valence-corrected chi connectivity index (χ0v) is 13.9. The number of hydrogen-bond acceptors (Lipinski definition) is 0. The summed E-state index contributed by atoms with van der Waals surface area (Å²) in [7, 11) is 3.20. The van der Waals surface area contributed by atoms with E-state index in [1.807, 2.05) is 0 Å². The largest absolute Gasteiger partial charge is 0.134 e. The van der Waals surface area contributed by atoms with Crippen LogP contribution in [0.3, 0.4) is 0 Å². The van der Waals surface area contributed by atoms with Gasteiger partial charge in [0.2, 0.25) is 0 Å². The second-order valence-corrected chi connectivity index (χ2v) is 6.52. The van der Waals surface area contributed by atoms with Crippen LogP contribution in [0.5, 0.6) is 0 Å². The number of hydrogen-bond donors (Lipinski definition) is 0. The van der Waals surface area contributed by atoms with Crippen molar-refractivity contribution in [3.63, 3.8) is 0 Å². The van der Waals surface area contributed by atoms with Crippen molar-refractivity contribution in [1.82, 2.24) is 0 Å². The Kier molecular flexibility index (Phi) is 10.6. The molecule has 0 aliphatic carbocycles. The molecular formula is C16H35P. The molecule has 2 unspecified atom stereocenters. The lowest BCUT2D eigenvalue weighted by Gasteiger charge is -2.39. The van der Waals surface area contributed by atoms with Crippen LogP contribution >= 0.6 is 9.24 Å². The molecule has 0 rings (SSSR count). The molecule has 0 aromatic carbocycles. The van der Waals surface area contributed by atoms with Gasteiger partial charge in [0.25, 0.3) is 0 Å². The Labute approximate surface area is 113 Å². The average Bonchev–Trinajstić information content (AvgIpc) is 2.30. The molecule has 0 N–H and O–H groups in total. The molecule has 0 heterocycles. The van der Waals surface area contributed by atoms with Gasteiger partial charge >= 0.3 is 0 Å². The SMILES string of the molecule is CCCCCC(P)C(CCC)(CCC)CCC. The van der Waals surface area contributed by atoms with Gasteiger partial charge in [-0.15, -0.1) is 9.24 Å². The summed E-state index contributed by atoms with van der Waals surface area (Å²) in [6.07, 6.45) is 13.9. The van der Waals surface area contributed by atoms with E-state index in [-0.39, 0.29) is 0 Å². The zero-order chi connectivity index (χ0) is 13.1. The third-order valence-corrected chi connectivity index (χ3v) is 5.19. The van der Waals surface area contributed by atoms with Gasteiger partial charge in [-0.05, 0) is 36.8 Å². The molecule has 0 aromatic rings. The molecule has 104 valence electrons. The summed E-state index contributed by atoms with van der Waals surface area (Å²) in [5.74, 6) is 0. The highest BCUT2D eigenvalue weighted by atomic mass is 31.0. The Hall–Kier alpha value is 0.430. The topological polar surface area (TPSA) is 0 Å². The van der Waals surface area contributed by atoms with Gasteiger partial charge in [0.15, 0.2) is 0 Å². The molecule has 0 fully saturated rings. The predicted molar refractivity (Wildman–Crippen MR) is 84.8 cm³/mol. The van der Waals surface area contributed by atoms with E-state index in [1.54, 1.807) is 0 Å².